The van der Waals surface area contributed by atoms with E-state index in [0.717, 1.165) is 18.4 Å². The molecule has 9 heteroatoms. The van der Waals surface area contributed by atoms with Crippen molar-refractivity contribution in [3.63, 3.8) is 0 Å². The third-order valence-corrected chi connectivity index (χ3v) is 6.59. The third kappa shape index (κ3) is 3.11. The smallest absolute Gasteiger partial charge is 0.321 e. The monoisotopic (exact) mass is 409 g/mol. The molecule has 1 aromatic heterocycles. The van der Waals surface area contributed by atoms with Crippen LogP contribution >= 0.6 is 11.3 Å². The van der Waals surface area contributed by atoms with E-state index in [2.05, 4.69) is 33.0 Å². The summed E-state index contributed by atoms with van der Waals surface area (Å²) < 4.78 is 0. The molecule has 1 aliphatic heterocycles. The number of hydrogen-bond acceptors (Lipinski definition) is 6. The Labute approximate surface area is 171 Å². The maximum atomic E-state index is 13.0. The van der Waals surface area contributed by atoms with Crippen LogP contribution in [-0.4, -0.2) is 28.0 Å². The van der Waals surface area contributed by atoms with Crippen molar-refractivity contribution in [1.29, 1.82) is 0 Å². The van der Waals surface area contributed by atoms with Gasteiger partial charge in [-0.25, -0.2) is 4.79 Å². The van der Waals surface area contributed by atoms with Gasteiger partial charge in [0.15, 0.2) is 0 Å². The number of fused-ring (bicyclic) bond motifs is 1. The fraction of sp³-hybridized carbons (Fsp3) is 0.350. The number of nitrogens with one attached hydrogen (secondary N) is 2. The molecule has 3 aliphatic carbocycles. The number of benzene rings is 1. The van der Waals surface area contributed by atoms with Crippen molar-refractivity contribution in [1.82, 2.24) is 15.5 Å². The quantitative estimate of drug-likeness (QED) is 0.597. The third-order valence-electron chi connectivity index (χ3n) is 5.99. The van der Waals surface area contributed by atoms with Crippen LogP contribution in [0.5, 0.6) is 0 Å². The molecule has 4 aliphatic rings. The standard InChI is InChI=1S/C20H19N5O3S/c26-17-15-12-3-4-13(6-5-12)16(15)18(27)25(17)14-7-1-11(2-8-14)9-21-19(28)23-20-24-22-10-29-20/h1-4,7-8,10,12-13,15-16H,5-6,9H2,(H2,21,23,24,28). The SMILES string of the molecule is O=C(NCc1ccc(N2C(=O)C3C4C=CC(CC4)C3C2=O)cc1)Nc1nncs1. The van der Waals surface area contributed by atoms with Gasteiger partial charge in [-0.3, -0.25) is 19.8 Å². The summed E-state index contributed by atoms with van der Waals surface area (Å²) >= 11 is 1.23. The second-order valence-electron chi connectivity index (χ2n) is 7.57. The molecule has 148 valence electrons. The Morgan fingerprint density at radius 2 is 1.72 bits per heavy atom. The molecule has 2 heterocycles. The normalized spacial score (nSPS) is 27.2. The number of rotatable bonds is 4. The lowest BCUT2D eigenvalue weighted by Gasteiger charge is -2.38. The van der Waals surface area contributed by atoms with Gasteiger partial charge in [-0.2, -0.15) is 0 Å². The number of nitrogens with zero attached hydrogens (tertiary/aromatic N) is 3. The summed E-state index contributed by atoms with van der Waals surface area (Å²) in [6.07, 6.45) is 6.20. The van der Waals surface area contributed by atoms with Crippen molar-refractivity contribution in [2.75, 3.05) is 10.2 Å². The number of carbonyl (C=O) groups is 3. The van der Waals surface area contributed by atoms with Crippen LogP contribution < -0.4 is 15.5 Å². The minimum Gasteiger partial charge on any atom is -0.334 e. The van der Waals surface area contributed by atoms with Crippen molar-refractivity contribution in [3.05, 3.63) is 47.5 Å². The van der Waals surface area contributed by atoms with Gasteiger partial charge in [0.1, 0.15) is 5.51 Å². The summed E-state index contributed by atoms with van der Waals surface area (Å²) in [5.41, 5.74) is 2.99. The van der Waals surface area contributed by atoms with Gasteiger partial charge in [0.2, 0.25) is 16.9 Å². The number of anilines is 2. The molecule has 4 unspecified atom stereocenters. The van der Waals surface area contributed by atoms with Gasteiger partial charge in [0, 0.05) is 6.54 Å². The van der Waals surface area contributed by atoms with E-state index in [4.69, 9.17) is 0 Å². The second kappa shape index (κ2) is 7.07. The number of aromatic nitrogens is 2. The Hall–Kier alpha value is -3.07. The number of urea groups is 1. The van der Waals surface area contributed by atoms with E-state index >= 15 is 0 Å². The second-order valence-corrected chi connectivity index (χ2v) is 8.40. The molecule has 2 bridgehead atoms. The highest BCUT2D eigenvalue weighted by Crippen LogP contribution is 2.50. The molecule has 6 rings (SSSR count). The molecule has 1 saturated heterocycles. The Morgan fingerprint density at radius 3 is 2.28 bits per heavy atom. The van der Waals surface area contributed by atoms with Crippen molar-refractivity contribution >= 4 is 40.0 Å². The van der Waals surface area contributed by atoms with Crippen LogP contribution in [0.15, 0.2) is 41.9 Å². The first-order valence-electron chi connectivity index (χ1n) is 9.58. The Morgan fingerprint density at radius 1 is 1.07 bits per heavy atom. The number of amides is 4. The van der Waals surface area contributed by atoms with E-state index in [1.807, 2.05) is 12.1 Å². The lowest BCUT2D eigenvalue weighted by atomic mass is 9.63. The maximum absolute atomic E-state index is 13.0. The molecular weight excluding hydrogens is 390 g/mol. The van der Waals surface area contributed by atoms with Gasteiger partial charge in [0.05, 0.1) is 17.5 Å². The molecule has 1 saturated carbocycles. The number of carbonyl (C=O) groups excluding carboxylic acids is 3. The minimum absolute atomic E-state index is 0.0821. The molecule has 1 aromatic carbocycles. The molecule has 2 fully saturated rings. The summed E-state index contributed by atoms with van der Waals surface area (Å²) in [6, 6.07) is 6.79. The maximum Gasteiger partial charge on any atom is 0.321 e. The predicted octanol–water partition coefficient (Wildman–Crippen LogP) is 2.56. The first kappa shape index (κ1) is 18.0. The average molecular weight is 409 g/mol. The van der Waals surface area contributed by atoms with Crippen LogP contribution in [0.25, 0.3) is 0 Å². The molecular formula is C20H19N5O3S. The van der Waals surface area contributed by atoms with E-state index in [-0.39, 0.29) is 41.5 Å². The van der Waals surface area contributed by atoms with Crippen LogP contribution in [0.2, 0.25) is 0 Å². The largest absolute Gasteiger partial charge is 0.334 e. The zero-order chi connectivity index (χ0) is 20.0. The molecule has 2 N–H and O–H groups in total. The van der Waals surface area contributed by atoms with Gasteiger partial charge in [-0.1, -0.05) is 35.6 Å². The van der Waals surface area contributed by atoms with Crippen LogP contribution in [-0.2, 0) is 16.1 Å². The van der Waals surface area contributed by atoms with Crippen molar-refractivity contribution in [3.8, 4) is 0 Å². The minimum atomic E-state index is -0.372. The summed E-state index contributed by atoms with van der Waals surface area (Å²) in [4.78, 5) is 39.2. The zero-order valence-corrected chi connectivity index (χ0v) is 16.3. The van der Waals surface area contributed by atoms with Crippen molar-refractivity contribution < 1.29 is 14.4 Å². The van der Waals surface area contributed by atoms with Gasteiger partial charge in [-0.05, 0) is 42.4 Å². The lowest BCUT2D eigenvalue weighted by Crippen LogP contribution is -2.38. The van der Waals surface area contributed by atoms with Crippen LogP contribution in [0.4, 0.5) is 15.6 Å². The summed E-state index contributed by atoms with van der Waals surface area (Å²) in [6.45, 7) is 0.312. The fourth-order valence-corrected chi connectivity index (χ4v) is 5.08. The zero-order valence-electron chi connectivity index (χ0n) is 15.4. The molecule has 29 heavy (non-hydrogen) atoms. The van der Waals surface area contributed by atoms with Crippen LogP contribution in [0, 0.1) is 23.7 Å². The average Bonchev–Trinajstić information content (AvgIpc) is 3.35. The number of imide groups is 1. The Bertz CT molecular complexity index is 956. The summed E-state index contributed by atoms with van der Waals surface area (Å²) in [5.74, 6) is -0.223. The van der Waals surface area contributed by atoms with Crippen LogP contribution in [0.1, 0.15) is 18.4 Å². The van der Waals surface area contributed by atoms with E-state index in [0.29, 0.717) is 17.4 Å². The molecule has 0 spiro atoms. The molecule has 4 atom stereocenters. The molecule has 4 amide bonds. The highest BCUT2D eigenvalue weighted by molar-refractivity contribution is 7.13. The van der Waals surface area contributed by atoms with E-state index in [1.165, 1.54) is 21.7 Å². The molecule has 0 radical (unpaired) electrons. The fourth-order valence-electron chi connectivity index (χ4n) is 4.64. The highest BCUT2D eigenvalue weighted by atomic mass is 32.1. The lowest BCUT2D eigenvalue weighted by molar-refractivity contribution is -0.124. The number of allylic oxidation sites excluding steroid dienone is 2. The van der Waals surface area contributed by atoms with Crippen molar-refractivity contribution in [2.24, 2.45) is 23.7 Å². The predicted molar refractivity (Wildman–Crippen MR) is 107 cm³/mol. The highest BCUT2D eigenvalue weighted by Gasteiger charge is 2.56. The molecule has 8 nitrogen and oxygen atoms in total. The van der Waals surface area contributed by atoms with Gasteiger partial charge in [-0.15, -0.1) is 10.2 Å². The van der Waals surface area contributed by atoms with Gasteiger partial charge < -0.3 is 5.32 Å². The topological polar surface area (TPSA) is 104 Å². The van der Waals surface area contributed by atoms with E-state index in [1.54, 1.807) is 12.1 Å². The van der Waals surface area contributed by atoms with Gasteiger partial charge >= 0.3 is 6.03 Å². The van der Waals surface area contributed by atoms with Crippen LogP contribution in [0.3, 0.4) is 0 Å². The summed E-state index contributed by atoms with van der Waals surface area (Å²) in [5, 5.41) is 13.2. The molecule has 2 aromatic rings. The first-order chi connectivity index (χ1) is 14.1. The van der Waals surface area contributed by atoms with Gasteiger partial charge in [0.25, 0.3) is 0 Å². The summed E-state index contributed by atoms with van der Waals surface area (Å²) in [7, 11) is 0. The van der Waals surface area contributed by atoms with Crippen molar-refractivity contribution in [2.45, 2.75) is 19.4 Å². The Balaban J connectivity index is 1.25. The number of hydrogen-bond donors (Lipinski definition) is 2. The van der Waals surface area contributed by atoms with E-state index in [9.17, 15) is 14.4 Å². The van der Waals surface area contributed by atoms with E-state index < -0.39 is 0 Å². The Kier molecular flexibility index (Phi) is 4.39. The first-order valence-corrected chi connectivity index (χ1v) is 10.5.